The number of halogens is 1. The van der Waals surface area contributed by atoms with Crippen molar-refractivity contribution in [3.8, 4) is 12.1 Å². The maximum atomic E-state index is 14.2. The van der Waals surface area contributed by atoms with Crippen molar-refractivity contribution >= 4 is 17.2 Å². The Labute approximate surface area is 151 Å². The maximum Gasteiger partial charge on any atom is 0.161 e. The Kier molecular flexibility index (Phi) is 4.86. The number of carbonyl (C=O) groups is 1. The van der Waals surface area contributed by atoms with Gasteiger partial charge in [0.05, 0.1) is 29.0 Å². The highest BCUT2D eigenvalue weighted by Gasteiger charge is 2.22. The monoisotopic (exact) mass is 348 g/mol. The molecule has 1 aliphatic heterocycles. The maximum absolute atomic E-state index is 14.2. The summed E-state index contributed by atoms with van der Waals surface area (Å²) in [5, 5.41) is 18.0. The van der Waals surface area contributed by atoms with Crippen molar-refractivity contribution in [2.24, 2.45) is 0 Å². The van der Waals surface area contributed by atoms with Gasteiger partial charge in [0.2, 0.25) is 0 Å². The van der Waals surface area contributed by atoms with Crippen molar-refractivity contribution in [2.45, 2.75) is 6.92 Å². The van der Waals surface area contributed by atoms with Gasteiger partial charge in [-0.2, -0.15) is 10.5 Å². The van der Waals surface area contributed by atoms with Gasteiger partial charge in [0.15, 0.2) is 5.78 Å². The molecule has 0 spiro atoms. The lowest BCUT2D eigenvalue weighted by Gasteiger charge is -2.38. The third kappa shape index (κ3) is 3.36. The highest BCUT2D eigenvalue weighted by atomic mass is 19.1. The van der Waals surface area contributed by atoms with Crippen LogP contribution in [0.3, 0.4) is 0 Å². The third-order valence-corrected chi connectivity index (χ3v) is 4.54. The number of rotatable bonds is 3. The molecule has 2 aromatic rings. The number of hydrogen-bond acceptors (Lipinski definition) is 5. The second-order valence-electron chi connectivity index (χ2n) is 6.15. The highest BCUT2D eigenvalue weighted by molar-refractivity contribution is 6.00. The number of anilines is 2. The van der Waals surface area contributed by atoms with Crippen LogP contribution in [0.2, 0.25) is 0 Å². The summed E-state index contributed by atoms with van der Waals surface area (Å²) >= 11 is 0. The number of piperazine rings is 1. The third-order valence-electron chi connectivity index (χ3n) is 4.54. The largest absolute Gasteiger partial charge is 0.367 e. The molecule has 0 N–H and O–H groups in total. The first-order chi connectivity index (χ1) is 12.5. The second kappa shape index (κ2) is 7.25. The van der Waals surface area contributed by atoms with Crippen LogP contribution in [-0.2, 0) is 0 Å². The van der Waals surface area contributed by atoms with E-state index in [1.165, 1.54) is 13.0 Å². The molecule has 6 heteroatoms. The van der Waals surface area contributed by atoms with E-state index in [0.29, 0.717) is 48.6 Å². The van der Waals surface area contributed by atoms with E-state index in [-0.39, 0.29) is 5.78 Å². The molecule has 0 amide bonds. The molecule has 0 bridgehead atoms. The molecule has 0 radical (unpaired) electrons. The summed E-state index contributed by atoms with van der Waals surface area (Å²) in [6.45, 7) is 3.88. The summed E-state index contributed by atoms with van der Waals surface area (Å²) in [4.78, 5) is 15.9. The fourth-order valence-corrected chi connectivity index (χ4v) is 3.18. The quantitative estimate of drug-likeness (QED) is 0.797. The molecule has 5 nitrogen and oxygen atoms in total. The van der Waals surface area contributed by atoms with Gasteiger partial charge in [0.25, 0.3) is 0 Å². The molecule has 1 aliphatic rings. The summed E-state index contributed by atoms with van der Waals surface area (Å²) in [5.41, 5.74) is 2.61. The average Bonchev–Trinajstić information content (AvgIpc) is 2.67. The summed E-state index contributed by atoms with van der Waals surface area (Å²) in [5.74, 6) is -0.460. The van der Waals surface area contributed by atoms with Crippen LogP contribution in [0.25, 0.3) is 0 Å². The molecular formula is C20H17FN4O. The van der Waals surface area contributed by atoms with Crippen molar-refractivity contribution in [1.82, 2.24) is 0 Å². The van der Waals surface area contributed by atoms with Crippen LogP contribution in [0.1, 0.15) is 28.4 Å². The van der Waals surface area contributed by atoms with Crippen molar-refractivity contribution < 1.29 is 9.18 Å². The number of ketones is 1. The number of Topliss-reactive ketones (excluding diaryl/α,β-unsaturated/α-hetero) is 1. The Morgan fingerprint density at radius 3 is 2.00 bits per heavy atom. The lowest BCUT2D eigenvalue weighted by atomic mass is 10.0. The predicted molar refractivity (Wildman–Crippen MR) is 96.7 cm³/mol. The van der Waals surface area contributed by atoms with Gasteiger partial charge in [-0.25, -0.2) is 4.39 Å². The van der Waals surface area contributed by atoms with Gasteiger partial charge in [-0.15, -0.1) is 0 Å². The van der Waals surface area contributed by atoms with Gasteiger partial charge in [-0.1, -0.05) is 0 Å². The molecule has 0 aromatic heterocycles. The minimum absolute atomic E-state index is 0.0509. The minimum Gasteiger partial charge on any atom is -0.367 e. The fourth-order valence-electron chi connectivity index (χ4n) is 3.18. The van der Waals surface area contributed by atoms with Crippen LogP contribution in [0.15, 0.2) is 36.4 Å². The van der Waals surface area contributed by atoms with Crippen LogP contribution in [0, 0.1) is 28.5 Å². The molecule has 0 saturated carbocycles. The Morgan fingerprint density at radius 2 is 1.46 bits per heavy atom. The molecule has 0 atom stereocenters. The van der Waals surface area contributed by atoms with Gasteiger partial charge in [-0.3, -0.25) is 4.79 Å². The standard InChI is InChI=1S/C20H17FN4O/c1-14(26)17-4-2-16(13-23)11-20(17)25-8-6-24(7-9-25)19-5-3-15(12-22)10-18(19)21/h2-5,10-11H,6-9H2,1H3. The van der Waals surface area contributed by atoms with E-state index in [1.807, 2.05) is 11.0 Å². The molecule has 0 unspecified atom stereocenters. The lowest BCUT2D eigenvalue weighted by molar-refractivity contribution is 0.101. The van der Waals surface area contributed by atoms with Crippen LogP contribution in [0.5, 0.6) is 0 Å². The Bertz CT molecular complexity index is 934. The smallest absolute Gasteiger partial charge is 0.161 e. The fraction of sp³-hybridized carbons (Fsp3) is 0.250. The zero-order chi connectivity index (χ0) is 18.7. The van der Waals surface area contributed by atoms with Gasteiger partial charge in [-0.05, 0) is 43.3 Å². The number of nitriles is 2. The van der Waals surface area contributed by atoms with E-state index in [2.05, 4.69) is 11.0 Å². The Morgan fingerprint density at radius 1 is 0.923 bits per heavy atom. The molecule has 0 aliphatic carbocycles. The zero-order valence-corrected chi connectivity index (χ0v) is 14.4. The van der Waals surface area contributed by atoms with E-state index in [9.17, 15) is 9.18 Å². The SMILES string of the molecule is CC(=O)c1ccc(C#N)cc1N1CCN(c2ccc(C#N)cc2F)CC1. The number of hydrogen-bond donors (Lipinski definition) is 0. The molecular weight excluding hydrogens is 331 g/mol. The first-order valence-corrected chi connectivity index (χ1v) is 8.28. The lowest BCUT2D eigenvalue weighted by Crippen LogP contribution is -2.47. The van der Waals surface area contributed by atoms with Crippen LogP contribution >= 0.6 is 0 Å². The van der Waals surface area contributed by atoms with E-state index in [4.69, 9.17) is 10.5 Å². The van der Waals surface area contributed by atoms with Crippen LogP contribution in [0.4, 0.5) is 15.8 Å². The molecule has 2 aromatic carbocycles. The molecule has 26 heavy (non-hydrogen) atoms. The van der Waals surface area contributed by atoms with E-state index < -0.39 is 5.82 Å². The zero-order valence-electron chi connectivity index (χ0n) is 14.4. The van der Waals surface area contributed by atoms with E-state index in [0.717, 1.165) is 5.69 Å². The second-order valence-corrected chi connectivity index (χ2v) is 6.15. The van der Waals surface area contributed by atoms with Crippen molar-refractivity contribution in [3.05, 3.63) is 58.9 Å². The Hall–Kier alpha value is -3.38. The normalized spacial score (nSPS) is 13.8. The topological polar surface area (TPSA) is 71.1 Å². The Balaban J connectivity index is 1.80. The summed E-state index contributed by atoms with van der Waals surface area (Å²) in [6, 6.07) is 13.6. The van der Waals surface area contributed by atoms with E-state index >= 15 is 0 Å². The summed E-state index contributed by atoms with van der Waals surface area (Å²) < 4.78 is 14.2. The molecule has 3 rings (SSSR count). The van der Waals surface area contributed by atoms with Gasteiger partial charge in [0.1, 0.15) is 5.82 Å². The molecule has 1 fully saturated rings. The van der Waals surface area contributed by atoms with Gasteiger partial charge >= 0.3 is 0 Å². The average molecular weight is 348 g/mol. The van der Waals surface area contributed by atoms with Crippen molar-refractivity contribution in [1.29, 1.82) is 10.5 Å². The van der Waals surface area contributed by atoms with Crippen molar-refractivity contribution in [2.75, 3.05) is 36.0 Å². The highest BCUT2D eigenvalue weighted by Crippen LogP contribution is 2.27. The summed E-state index contributed by atoms with van der Waals surface area (Å²) in [6.07, 6.45) is 0. The predicted octanol–water partition coefficient (Wildman–Crippen LogP) is 3.10. The number of benzene rings is 2. The van der Waals surface area contributed by atoms with E-state index in [1.54, 1.807) is 30.3 Å². The van der Waals surface area contributed by atoms with Gasteiger partial charge in [0, 0.05) is 37.4 Å². The summed E-state index contributed by atoms with van der Waals surface area (Å²) in [7, 11) is 0. The van der Waals surface area contributed by atoms with Crippen molar-refractivity contribution in [3.63, 3.8) is 0 Å². The molecule has 130 valence electrons. The van der Waals surface area contributed by atoms with Crippen LogP contribution < -0.4 is 9.80 Å². The van der Waals surface area contributed by atoms with Crippen LogP contribution in [-0.4, -0.2) is 32.0 Å². The van der Waals surface area contributed by atoms with Gasteiger partial charge < -0.3 is 9.80 Å². The first kappa shape index (κ1) is 17.4. The number of carbonyl (C=O) groups excluding carboxylic acids is 1. The first-order valence-electron chi connectivity index (χ1n) is 8.28. The molecule has 1 saturated heterocycles. The minimum atomic E-state index is -0.409. The molecule has 1 heterocycles. The number of nitrogens with zero attached hydrogens (tertiary/aromatic N) is 4.